The lowest BCUT2D eigenvalue weighted by atomic mass is 10.2. The molecule has 1 N–H and O–H groups in total. The molecule has 2 heterocycles. The Morgan fingerprint density at radius 3 is 2.58 bits per heavy atom. The van der Waals surface area contributed by atoms with Gasteiger partial charge in [-0.15, -0.1) is 0 Å². The Hall–Kier alpha value is -2.76. The van der Waals surface area contributed by atoms with Crippen LogP contribution >= 0.6 is 23.4 Å². The van der Waals surface area contributed by atoms with Crippen LogP contribution in [-0.2, 0) is 11.2 Å². The predicted molar refractivity (Wildman–Crippen MR) is 132 cm³/mol. The first kappa shape index (κ1) is 21.5. The van der Waals surface area contributed by atoms with Crippen molar-refractivity contribution in [3.8, 4) is 5.69 Å². The summed E-state index contributed by atoms with van der Waals surface area (Å²) in [5.74, 6) is -0.127. The largest absolute Gasteiger partial charge is 0.318 e. The average molecular weight is 450 g/mol. The standard InChI is InChI=1S/C25H24ClN3OS/c1-5-18-9-11-20(12-10-18)27-25-28-24(30)23(31-25)14-19-13-15(2)29(17(19)4)22-8-6-7-21(26)16(22)3/h6-14H,5H2,1-4H3,(H,27,28,30)/b23-14-. The first-order chi connectivity index (χ1) is 14.9. The zero-order chi connectivity index (χ0) is 22.1. The van der Waals surface area contributed by atoms with E-state index in [0.29, 0.717) is 10.1 Å². The van der Waals surface area contributed by atoms with Crippen LogP contribution in [0, 0.1) is 20.8 Å². The molecule has 1 aromatic heterocycles. The molecule has 0 spiro atoms. The quantitative estimate of drug-likeness (QED) is 0.461. The number of aromatic nitrogens is 1. The molecule has 1 amide bonds. The number of carbonyl (C=O) groups excluding carboxylic acids is 1. The Kier molecular flexibility index (Phi) is 6.08. The van der Waals surface area contributed by atoms with Gasteiger partial charge < -0.3 is 9.88 Å². The number of amidine groups is 1. The van der Waals surface area contributed by atoms with Crippen LogP contribution in [0.25, 0.3) is 11.8 Å². The van der Waals surface area contributed by atoms with Crippen LogP contribution in [0.4, 0.5) is 5.69 Å². The number of hydrogen-bond acceptors (Lipinski definition) is 3. The third-order valence-corrected chi connectivity index (χ3v) is 6.78. The fourth-order valence-corrected chi connectivity index (χ4v) is 4.69. The van der Waals surface area contributed by atoms with Gasteiger partial charge in [-0.1, -0.05) is 36.7 Å². The number of aliphatic imine (C=N–C) groups is 1. The Bertz CT molecular complexity index is 1220. The lowest BCUT2D eigenvalue weighted by molar-refractivity contribution is -0.115. The van der Waals surface area contributed by atoms with E-state index in [1.807, 2.05) is 37.3 Å². The van der Waals surface area contributed by atoms with E-state index in [1.54, 1.807) is 0 Å². The molecule has 0 radical (unpaired) electrons. The Morgan fingerprint density at radius 1 is 1.13 bits per heavy atom. The van der Waals surface area contributed by atoms with E-state index < -0.39 is 0 Å². The molecule has 6 heteroatoms. The van der Waals surface area contributed by atoms with Gasteiger partial charge in [0, 0.05) is 22.1 Å². The third kappa shape index (κ3) is 4.34. The van der Waals surface area contributed by atoms with E-state index in [-0.39, 0.29) is 5.91 Å². The topological polar surface area (TPSA) is 46.4 Å². The highest BCUT2D eigenvalue weighted by molar-refractivity contribution is 8.18. The van der Waals surface area contributed by atoms with Crippen LogP contribution in [0.2, 0.25) is 5.02 Å². The highest BCUT2D eigenvalue weighted by Crippen LogP contribution is 2.32. The molecule has 0 atom stereocenters. The first-order valence-corrected chi connectivity index (χ1v) is 11.4. The molecule has 1 saturated heterocycles. The molecule has 4 nitrogen and oxygen atoms in total. The monoisotopic (exact) mass is 449 g/mol. The van der Waals surface area contributed by atoms with E-state index in [1.165, 1.54) is 17.3 Å². The number of amides is 1. The SMILES string of the molecule is CCc1ccc(N=C2NC(=O)/C(=C/c3cc(C)n(-c4cccc(Cl)c4C)c3C)S2)cc1. The van der Waals surface area contributed by atoms with E-state index in [4.69, 9.17) is 11.6 Å². The average Bonchev–Trinajstić information content (AvgIpc) is 3.23. The predicted octanol–water partition coefficient (Wildman–Crippen LogP) is 6.51. The summed E-state index contributed by atoms with van der Waals surface area (Å²) in [5.41, 5.74) is 7.32. The lowest BCUT2D eigenvalue weighted by Crippen LogP contribution is -2.19. The van der Waals surface area contributed by atoms with Gasteiger partial charge in [0.25, 0.3) is 5.91 Å². The Labute approximate surface area is 192 Å². The molecular weight excluding hydrogens is 426 g/mol. The molecule has 2 aromatic carbocycles. The zero-order valence-corrected chi connectivity index (χ0v) is 19.6. The summed E-state index contributed by atoms with van der Waals surface area (Å²) in [6, 6.07) is 16.1. The smallest absolute Gasteiger partial charge is 0.264 e. The van der Waals surface area contributed by atoms with Gasteiger partial charge in [0.2, 0.25) is 0 Å². The molecule has 0 aliphatic carbocycles. The molecule has 1 aliphatic heterocycles. The first-order valence-electron chi connectivity index (χ1n) is 10.2. The maximum atomic E-state index is 12.5. The minimum Gasteiger partial charge on any atom is -0.318 e. The normalized spacial score (nSPS) is 16.4. The van der Waals surface area contributed by atoms with Crippen LogP contribution in [0.5, 0.6) is 0 Å². The lowest BCUT2D eigenvalue weighted by Gasteiger charge is -2.13. The number of aryl methyl sites for hydroxylation is 2. The molecule has 1 fully saturated rings. The van der Waals surface area contributed by atoms with Gasteiger partial charge in [0.15, 0.2) is 5.17 Å². The molecule has 0 saturated carbocycles. The summed E-state index contributed by atoms with van der Waals surface area (Å²) in [5, 5.41) is 4.21. The summed E-state index contributed by atoms with van der Waals surface area (Å²) < 4.78 is 2.18. The Balaban J connectivity index is 1.64. The van der Waals surface area contributed by atoms with Crippen molar-refractivity contribution < 1.29 is 4.79 Å². The second-order valence-corrected chi connectivity index (χ2v) is 8.99. The van der Waals surface area contributed by atoms with Crippen molar-refractivity contribution >= 4 is 46.2 Å². The van der Waals surface area contributed by atoms with Crippen LogP contribution < -0.4 is 5.32 Å². The van der Waals surface area contributed by atoms with Crippen LogP contribution in [0.15, 0.2) is 58.4 Å². The zero-order valence-electron chi connectivity index (χ0n) is 18.0. The molecule has 0 bridgehead atoms. The van der Waals surface area contributed by atoms with Gasteiger partial charge in [0.05, 0.1) is 10.6 Å². The van der Waals surface area contributed by atoms with Crippen molar-refractivity contribution in [3.63, 3.8) is 0 Å². The molecule has 31 heavy (non-hydrogen) atoms. The fourth-order valence-electron chi connectivity index (χ4n) is 3.69. The second-order valence-electron chi connectivity index (χ2n) is 7.55. The van der Waals surface area contributed by atoms with Gasteiger partial charge in [-0.05, 0) is 92.1 Å². The van der Waals surface area contributed by atoms with Gasteiger partial charge in [-0.25, -0.2) is 4.99 Å². The second kappa shape index (κ2) is 8.77. The van der Waals surface area contributed by atoms with Crippen LogP contribution in [0.1, 0.15) is 35.0 Å². The van der Waals surface area contributed by atoms with Crippen molar-refractivity contribution in [1.82, 2.24) is 9.88 Å². The van der Waals surface area contributed by atoms with Crippen molar-refractivity contribution in [2.75, 3.05) is 0 Å². The number of nitrogens with zero attached hydrogens (tertiary/aromatic N) is 2. The van der Waals surface area contributed by atoms with Gasteiger partial charge in [-0.2, -0.15) is 0 Å². The molecule has 3 aromatic rings. The summed E-state index contributed by atoms with van der Waals surface area (Å²) in [7, 11) is 0. The minimum absolute atomic E-state index is 0.127. The fraction of sp³-hybridized carbons (Fsp3) is 0.200. The maximum absolute atomic E-state index is 12.5. The van der Waals surface area contributed by atoms with Crippen molar-refractivity contribution in [2.45, 2.75) is 34.1 Å². The van der Waals surface area contributed by atoms with Crippen molar-refractivity contribution in [3.05, 3.63) is 86.5 Å². The summed E-state index contributed by atoms with van der Waals surface area (Å²) >= 11 is 7.70. The number of thioether (sulfide) groups is 1. The number of rotatable bonds is 4. The van der Waals surface area contributed by atoms with E-state index in [9.17, 15) is 4.79 Å². The van der Waals surface area contributed by atoms with Crippen molar-refractivity contribution in [2.24, 2.45) is 4.99 Å². The maximum Gasteiger partial charge on any atom is 0.264 e. The van der Waals surface area contributed by atoms with Gasteiger partial charge in [-0.3, -0.25) is 4.79 Å². The summed E-state index contributed by atoms with van der Waals surface area (Å²) in [6.45, 7) is 8.26. The minimum atomic E-state index is -0.127. The molecule has 0 unspecified atom stereocenters. The molecule has 1 aliphatic rings. The van der Waals surface area contributed by atoms with E-state index in [2.05, 4.69) is 59.9 Å². The number of halogens is 1. The molecular formula is C25H24ClN3OS. The Morgan fingerprint density at radius 2 is 1.87 bits per heavy atom. The number of benzene rings is 2. The third-order valence-electron chi connectivity index (χ3n) is 5.46. The van der Waals surface area contributed by atoms with Crippen molar-refractivity contribution in [1.29, 1.82) is 0 Å². The van der Waals surface area contributed by atoms with Gasteiger partial charge in [0.1, 0.15) is 0 Å². The highest BCUT2D eigenvalue weighted by Gasteiger charge is 2.24. The highest BCUT2D eigenvalue weighted by atomic mass is 35.5. The van der Waals surface area contributed by atoms with E-state index in [0.717, 1.165) is 45.3 Å². The van der Waals surface area contributed by atoms with Crippen LogP contribution in [0.3, 0.4) is 0 Å². The number of hydrogen-bond donors (Lipinski definition) is 1. The summed E-state index contributed by atoms with van der Waals surface area (Å²) in [4.78, 5) is 17.8. The molecule has 4 rings (SSSR count). The van der Waals surface area contributed by atoms with E-state index >= 15 is 0 Å². The number of nitrogens with one attached hydrogen (secondary N) is 1. The number of carbonyl (C=O) groups is 1. The molecule has 158 valence electrons. The van der Waals surface area contributed by atoms with Gasteiger partial charge >= 0.3 is 0 Å². The van der Waals surface area contributed by atoms with Crippen LogP contribution in [-0.4, -0.2) is 15.6 Å². The summed E-state index contributed by atoms with van der Waals surface area (Å²) in [6.07, 6.45) is 2.92.